The molecule has 1 amide bonds. The second-order valence-electron chi connectivity index (χ2n) is 4.51. The van der Waals surface area contributed by atoms with Crippen molar-refractivity contribution in [2.24, 2.45) is 0 Å². The van der Waals surface area contributed by atoms with Crippen molar-refractivity contribution in [1.29, 1.82) is 0 Å². The Morgan fingerprint density at radius 2 is 2.29 bits per heavy atom. The van der Waals surface area contributed by atoms with Gasteiger partial charge in [0, 0.05) is 23.7 Å². The molecular formula is C13H16ClNO2. The van der Waals surface area contributed by atoms with Crippen LogP contribution in [0, 0.1) is 6.92 Å². The van der Waals surface area contributed by atoms with Crippen LogP contribution < -0.4 is 0 Å². The zero-order valence-electron chi connectivity index (χ0n) is 9.82. The first-order valence-corrected chi connectivity index (χ1v) is 6.19. The molecule has 1 fully saturated rings. The average molecular weight is 254 g/mol. The number of hydrogen-bond donors (Lipinski definition) is 1. The second-order valence-corrected chi connectivity index (χ2v) is 4.94. The van der Waals surface area contributed by atoms with Gasteiger partial charge in [0.05, 0.1) is 6.10 Å². The van der Waals surface area contributed by atoms with Crippen molar-refractivity contribution in [3.63, 3.8) is 0 Å². The largest absolute Gasteiger partial charge is 0.391 e. The fourth-order valence-corrected chi connectivity index (χ4v) is 2.40. The van der Waals surface area contributed by atoms with Gasteiger partial charge >= 0.3 is 0 Å². The van der Waals surface area contributed by atoms with E-state index in [-0.39, 0.29) is 12.0 Å². The summed E-state index contributed by atoms with van der Waals surface area (Å²) in [4.78, 5) is 14.0. The lowest BCUT2D eigenvalue weighted by molar-refractivity contribution is 0.0473. The molecule has 1 aromatic carbocycles. The number of amides is 1. The van der Waals surface area contributed by atoms with E-state index >= 15 is 0 Å². The second kappa shape index (κ2) is 5.07. The van der Waals surface area contributed by atoms with E-state index < -0.39 is 0 Å². The Morgan fingerprint density at radius 1 is 1.53 bits per heavy atom. The van der Waals surface area contributed by atoms with Crippen LogP contribution in [0.2, 0.25) is 5.02 Å². The maximum absolute atomic E-state index is 12.2. The molecule has 1 heterocycles. The summed E-state index contributed by atoms with van der Waals surface area (Å²) in [5.41, 5.74) is 1.55. The third-order valence-electron chi connectivity index (χ3n) is 3.10. The van der Waals surface area contributed by atoms with Gasteiger partial charge in [-0.3, -0.25) is 4.79 Å². The third kappa shape index (κ3) is 2.79. The average Bonchev–Trinajstić information content (AvgIpc) is 2.28. The van der Waals surface area contributed by atoms with Crippen LogP contribution in [0.4, 0.5) is 0 Å². The highest BCUT2D eigenvalue weighted by Crippen LogP contribution is 2.19. The fourth-order valence-electron chi connectivity index (χ4n) is 2.18. The van der Waals surface area contributed by atoms with Crippen LogP contribution in [-0.2, 0) is 0 Å². The number of benzene rings is 1. The number of aliphatic hydroxyl groups excluding tert-OH is 1. The van der Waals surface area contributed by atoms with Gasteiger partial charge in [-0.2, -0.15) is 0 Å². The van der Waals surface area contributed by atoms with Crippen LogP contribution in [0.25, 0.3) is 0 Å². The Kier molecular flexibility index (Phi) is 3.69. The summed E-state index contributed by atoms with van der Waals surface area (Å²) in [6.45, 7) is 3.03. The Hall–Kier alpha value is -1.06. The number of halogens is 1. The van der Waals surface area contributed by atoms with Crippen molar-refractivity contribution >= 4 is 17.5 Å². The third-order valence-corrected chi connectivity index (χ3v) is 3.34. The molecule has 0 unspecified atom stereocenters. The van der Waals surface area contributed by atoms with Crippen molar-refractivity contribution in [2.75, 3.05) is 13.1 Å². The molecule has 0 bridgehead atoms. The molecule has 1 saturated heterocycles. The predicted octanol–water partition coefficient (Wildman–Crippen LogP) is 2.25. The number of aliphatic hydroxyl groups is 1. The summed E-state index contributed by atoms with van der Waals surface area (Å²) in [6, 6.07) is 5.26. The molecular weight excluding hydrogens is 238 g/mol. The van der Waals surface area contributed by atoms with Crippen molar-refractivity contribution in [3.05, 3.63) is 34.3 Å². The van der Waals surface area contributed by atoms with Crippen LogP contribution >= 0.6 is 11.6 Å². The van der Waals surface area contributed by atoms with Gasteiger partial charge in [0.2, 0.25) is 0 Å². The van der Waals surface area contributed by atoms with E-state index in [0.29, 0.717) is 17.1 Å². The maximum atomic E-state index is 12.2. The molecule has 4 heteroatoms. The summed E-state index contributed by atoms with van der Waals surface area (Å²) in [7, 11) is 0. The number of piperidine rings is 1. The zero-order chi connectivity index (χ0) is 12.4. The number of rotatable bonds is 1. The van der Waals surface area contributed by atoms with Crippen LogP contribution in [0.1, 0.15) is 28.8 Å². The number of likely N-dealkylation sites (tertiary alicyclic amines) is 1. The molecule has 1 aliphatic rings. The normalized spacial score (nSPS) is 20.4. The van der Waals surface area contributed by atoms with Crippen LogP contribution in [0.15, 0.2) is 18.2 Å². The van der Waals surface area contributed by atoms with E-state index in [9.17, 15) is 9.90 Å². The summed E-state index contributed by atoms with van der Waals surface area (Å²) in [5, 5.41) is 10.2. The minimum absolute atomic E-state index is 0.0158. The SMILES string of the molecule is Cc1cc(Cl)ccc1C(=O)N1CCC[C@H](O)C1. The molecule has 1 aromatic rings. The summed E-state index contributed by atoms with van der Waals surface area (Å²) < 4.78 is 0. The van der Waals surface area contributed by atoms with E-state index in [0.717, 1.165) is 24.9 Å². The summed E-state index contributed by atoms with van der Waals surface area (Å²) >= 11 is 5.87. The number of carbonyl (C=O) groups is 1. The number of nitrogens with zero attached hydrogens (tertiary/aromatic N) is 1. The fraction of sp³-hybridized carbons (Fsp3) is 0.462. The predicted molar refractivity (Wildman–Crippen MR) is 67.3 cm³/mol. The van der Waals surface area contributed by atoms with Crippen molar-refractivity contribution < 1.29 is 9.90 Å². The first kappa shape index (κ1) is 12.4. The van der Waals surface area contributed by atoms with Crippen LogP contribution in [0.5, 0.6) is 0 Å². The molecule has 17 heavy (non-hydrogen) atoms. The Labute approximate surface area is 106 Å². The van der Waals surface area contributed by atoms with Gasteiger partial charge in [-0.25, -0.2) is 0 Å². The number of aryl methyl sites for hydroxylation is 1. The molecule has 0 aliphatic carbocycles. The van der Waals surface area contributed by atoms with Gasteiger partial charge in [-0.15, -0.1) is 0 Å². The van der Waals surface area contributed by atoms with Gasteiger partial charge in [-0.1, -0.05) is 11.6 Å². The van der Waals surface area contributed by atoms with E-state index in [2.05, 4.69) is 0 Å². The molecule has 1 atom stereocenters. The molecule has 2 rings (SSSR count). The Bertz CT molecular complexity index is 433. The van der Waals surface area contributed by atoms with Gasteiger partial charge in [0.1, 0.15) is 0 Å². The Balaban J connectivity index is 2.18. The number of β-amino-alcohol motifs (C(OH)–C–C–N with tert-alkyl or cyclic N) is 1. The van der Waals surface area contributed by atoms with Crippen molar-refractivity contribution in [3.8, 4) is 0 Å². The standard InChI is InChI=1S/C13H16ClNO2/c1-9-7-10(14)4-5-12(9)13(17)15-6-2-3-11(16)8-15/h4-5,7,11,16H,2-3,6,8H2,1H3/t11-/m0/s1. The van der Waals surface area contributed by atoms with Crippen molar-refractivity contribution in [2.45, 2.75) is 25.9 Å². The number of carbonyl (C=O) groups excluding carboxylic acids is 1. The minimum atomic E-state index is -0.389. The van der Waals surface area contributed by atoms with Gasteiger partial charge in [0.15, 0.2) is 0 Å². The van der Waals surface area contributed by atoms with E-state index in [1.165, 1.54) is 0 Å². The van der Waals surface area contributed by atoms with Crippen molar-refractivity contribution in [1.82, 2.24) is 4.90 Å². The smallest absolute Gasteiger partial charge is 0.254 e. The lowest BCUT2D eigenvalue weighted by Gasteiger charge is -2.30. The van der Waals surface area contributed by atoms with Gasteiger partial charge < -0.3 is 10.0 Å². The van der Waals surface area contributed by atoms with E-state index in [1.807, 2.05) is 6.92 Å². The highest BCUT2D eigenvalue weighted by Gasteiger charge is 2.23. The molecule has 0 spiro atoms. The van der Waals surface area contributed by atoms with Crippen LogP contribution in [-0.4, -0.2) is 35.1 Å². The molecule has 92 valence electrons. The quantitative estimate of drug-likeness (QED) is 0.834. The molecule has 0 aromatic heterocycles. The summed E-state index contributed by atoms with van der Waals surface area (Å²) in [6.07, 6.45) is 1.25. The monoisotopic (exact) mass is 253 g/mol. The van der Waals surface area contributed by atoms with Crippen LogP contribution in [0.3, 0.4) is 0 Å². The molecule has 0 saturated carbocycles. The molecule has 0 radical (unpaired) electrons. The lowest BCUT2D eigenvalue weighted by Crippen LogP contribution is -2.42. The number of hydrogen-bond acceptors (Lipinski definition) is 2. The summed E-state index contributed by atoms with van der Waals surface area (Å²) in [5.74, 6) is -0.0158. The van der Waals surface area contributed by atoms with Gasteiger partial charge in [-0.05, 0) is 43.5 Å². The lowest BCUT2D eigenvalue weighted by atomic mass is 10.0. The maximum Gasteiger partial charge on any atom is 0.254 e. The molecule has 3 nitrogen and oxygen atoms in total. The minimum Gasteiger partial charge on any atom is -0.391 e. The molecule has 1 N–H and O–H groups in total. The van der Waals surface area contributed by atoms with E-state index in [4.69, 9.17) is 11.6 Å². The van der Waals surface area contributed by atoms with Gasteiger partial charge in [0.25, 0.3) is 5.91 Å². The van der Waals surface area contributed by atoms with E-state index in [1.54, 1.807) is 23.1 Å². The first-order valence-electron chi connectivity index (χ1n) is 5.81. The Morgan fingerprint density at radius 3 is 2.94 bits per heavy atom. The molecule has 1 aliphatic heterocycles. The zero-order valence-corrected chi connectivity index (χ0v) is 10.6. The first-order chi connectivity index (χ1) is 8.08. The highest BCUT2D eigenvalue weighted by molar-refractivity contribution is 6.30. The topological polar surface area (TPSA) is 40.5 Å². The highest BCUT2D eigenvalue weighted by atomic mass is 35.5.